The first-order valence-corrected chi connectivity index (χ1v) is 5.70. The van der Waals surface area contributed by atoms with E-state index in [4.69, 9.17) is 0 Å². The molecule has 15 heavy (non-hydrogen) atoms. The van der Waals surface area contributed by atoms with Gasteiger partial charge >= 0.3 is 0 Å². The zero-order valence-electron chi connectivity index (χ0n) is 9.21. The summed E-state index contributed by atoms with van der Waals surface area (Å²) >= 11 is 0. The van der Waals surface area contributed by atoms with Crippen LogP contribution >= 0.6 is 0 Å². The fourth-order valence-electron chi connectivity index (χ4n) is 2.51. The number of carbonyl (C=O) groups is 2. The van der Waals surface area contributed by atoms with Gasteiger partial charge in [-0.1, -0.05) is 0 Å². The van der Waals surface area contributed by atoms with Crippen molar-refractivity contribution in [1.29, 1.82) is 0 Å². The van der Waals surface area contributed by atoms with Gasteiger partial charge in [0.05, 0.1) is 5.54 Å². The Hall–Kier alpha value is -0.900. The Kier molecular flexibility index (Phi) is 2.78. The molecule has 2 fully saturated rings. The maximum atomic E-state index is 11.9. The van der Waals surface area contributed by atoms with Crippen molar-refractivity contribution in [2.45, 2.75) is 44.6 Å². The zero-order chi connectivity index (χ0) is 10.9. The molecule has 0 spiro atoms. The summed E-state index contributed by atoms with van der Waals surface area (Å²) in [4.78, 5) is 25.3. The Morgan fingerprint density at radius 1 is 1.20 bits per heavy atom. The largest absolute Gasteiger partial charge is 0.314 e. The van der Waals surface area contributed by atoms with Gasteiger partial charge in [0.25, 0.3) is 0 Å². The van der Waals surface area contributed by atoms with Crippen molar-refractivity contribution in [2.24, 2.45) is 0 Å². The fraction of sp³-hybridized carbons (Fsp3) is 0.818. The van der Waals surface area contributed by atoms with Crippen molar-refractivity contribution in [3.8, 4) is 0 Å². The topological polar surface area (TPSA) is 49.4 Å². The number of nitrogens with one attached hydrogen (secondary N) is 1. The van der Waals surface area contributed by atoms with Crippen molar-refractivity contribution < 1.29 is 9.59 Å². The highest BCUT2D eigenvalue weighted by Crippen LogP contribution is 2.27. The summed E-state index contributed by atoms with van der Waals surface area (Å²) in [7, 11) is 0. The molecule has 2 amide bonds. The van der Waals surface area contributed by atoms with E-state index in [0.717, 1.165) is 32.4 Å². The quantitative estimate of drug-likeness (QED) is 0.647. The lowest BCUT2D eigenvalue weighted by atomic mass is 9.98. The summed E-state index contributed by atoms with van der Waals surface area (Å²) in [6, 6.07) is 0. The molecule has 0 aliphatic carbocycles. The molecule has 2 rings (SSSR count). The Bertz CT molecular complexity index is 264. The second kappa shape index (κ2) is 3.93. The maximum absolute atomic E-state index is 11.9. The number of imide groups is 1. The SMILES string of the molecule is CC1(N2C(=O)CCCCC2=O)CCNC1. The Labute approximate surface area is 90.0 Å². The molecule has 0 aromatic heterocycles. The summed E-state index contributed by atoms with van der Waals surface area (Å²) in [5.74, 6) is 0.0346. The lowest BCUT2D eigenvalue weighted by Gasteiger charge is -2.35. The summed E-state index contributed by atoms with van der Waals surface area (Å²) < 4.78 is 0. The number of likely N-dealkylation sites (tertiary alicyclic amines) is 1. The van der Waals surface area contributed by atoms with E-state index in [1.165, 1.54) is 4.90 Å². The molecule has 0 aromatic carbocycles. The summed E-state index contributed by atoms with van der Waals surface area (Å²) in [5, 5.41) is 3.23. The van der Waals surface area contributed by atoms with Crippen molar-refractivity contribution in [2.75, 3.05) is 13.1 Å². The number of rotatable bonds is 1. The van der Waals surface area contributed by atoms with Crippen LogP contribution in [0.3, 0.4) is 0 Å². The third-order valence-electron chi connectivity index (χ3n) is 3.42. The molecule has 0 bridgehead atoms. The number of carbonyl (C=O) groups excluding carboxylic acids is 2. The third kappa shape index (κ3) is 1.91. The van der Waals surface area contributed by atoms with Gasteiger partial charge in [-0.05, 0) is 32.7 Å². The molecule has 1 unspecified atom stereocenters. The van der Waals surface area contributed by atoms with E-state index in [-0.39, 0.29) is 17.4 Å². The number of nitrogens with zero attached hydrogens (tertiary/aromatic N) is 1. The van der Waals surface area contributed by atoms with Gasteiger partial charge in [-0.15, -0.1) is 0 Å². The average molecular weight is 210 g/mol. The van der Waals surface area contributed by atoms with Gasteiger partial charge in [0.1, 0.15) is 0 Å². The maximum Gasteiger partial charge on any atom is 0.229 e. The van der Waals surface area contributed by atoms with Crippen LogP contribution < -0.4 is 5.32 Å². The molecule has 84 valence electrons. The first kappa shape index (κ1) is 10.6. The van der Waals surface area contributed by atoms with Crippen LogP contribution in [0.25, 0.3) is 0 Å². The molecule has 0 aromatic rings. The fourth-order valence-corrected chi connectivity index (χ4v) is 2.51. The highest BCUT2D eigenvalue weighted by atomic mass is 16.2. The molecule has 4 heteroatoms. The molecule has 2 aliphatic heterocycles. The molecule has 2 aliphatic rings. The minimum Gasteiger partial charge on any atom is -0.314 e. The minimum absolute atomic E-state index is 0.0173. The zero-order valence-corrected chi connectivity index (χ0v) is 9.21. The van der Waals surface area contributed by atoms with E-state index < -0.39 is 0 Å². The molecule has 4 nitrogen and oxygen atoms in total. The van der Waals surface area contributed by atoms with Gasteiger partial charge in [-0.3, -0.25) is 14.5 Å². The monoisotopic (exact) mass is 210 g/mol. The molecule has 2 saturated heterocycles. The van der Waals surface area contributed by atoms with Crippen LogP contribution in [0.4, 0.5) is 0 Å². The van der Waals surface area contributed by atoms with Gasteiger partial charge < -0.3 is 5.32 Å². The molecule has 2 heterocycles. The normalized spacial score (nSPS) is 33.3. The highest BCUT2D eigenvalue weighted by Gasteiger charge is 2.41. The second-order valence-corrected chi connectivity index (χ2v) is 4.75. The van der Waals surface area contributed by atoms with Crippen molar-refractivity contribution in [3.63, 3.8) is 0 Å². The van der Waals surface area contributed by atoms with E-state index in [1.54, 1.807) is 0 Å². The van der Waals surface area contributed by atoms with Gasteiger partial charge in [0.2, 0.25) is 11.8 Å². The van der Waals surface area contributed by atoms with E-state index in [0.29, 0.717) is 12.8 Å². The van der Waals surface area contributed by atoms with Crippen LogP contribution in [0.2, 0.25) is 0 Å². The summed E-state index contributed by atoms with van der Waals surface area (Å²) in [5.41, 5.74) is -0.279. The minimum atomic E-state index is -0.279. The van der Waals surface area contributed by atoms with Crippen molar-refractivity contribution in [3.05, 3.63) is 0 Å². The summed E-state index contributed by atoms with van der Waals surface area (Å²) in [6.07, 6.45) is 3.64. The first-order chi connectivity index (χ1) is 7.13. The Balaban J connectivity index is 2.22. The van der Waals surface area contributed by atoms with Crippen LogP contribution in [0.1, 0.15) is 39.0 Å². The number of hydrogen-bond acceptors (Lipinski definition) is 3. The van der Waals surface area contributed by atoms with Crippen LogP contribution in [0.15, 0.2) is 0 Å². The van der Waals surface area contributed by atoms with Gasteiger partial charge in [0.15, 0.2) is 0 Å². The van der Waals surface area contributed by atoms with E-state index in [2.05, 4.69) is 5.32 Å². The third-order valence-corrected chi connectivity index (χ3v) is 3.42. The molecule has 0 radical (unpaired) electrons. The average Bonchev–Trinajstić information content (AvgIpc) is 2.53. The summed E-state index contributed by atoms with van der Waals surface area (Å²) in [6.45, 7) is 3.64. The van der Waals surface area contributed by atoms with Gasteiger partial charge in [0, 0.05) is 19.4 Å². The highest BCUT2D eigenvalue weighted by molar-refractivity contribution is 5.97. The predicted molar refractivity (Wildman–Crippen MR) is 56.2 cm³/mol. The van der Waals surface area contributed by atoms with E-state index in [1.807, 2.05) is 6.92 Å². The molecule has 1 N–H and O–H groups in total. The smallest absolute Gasteiger partial charge is 0.229 e. The molecule has 1 atom stereocenters. The van der Waals surface area contributed by atoms with E-state index in [9.17, 15) is 9.59 Å². The lowest BCUT2D eigenvalue weighted by molar-refractivity contribution is -0.150. The van der Waals surface area contributed by atoms with E-state index >= 15 is 0 Å². The molecular weight excluding hydrogens is 192 g/mol. The standard InChI is InChI=1S/C11H18N2O2/c1-11(6-7-12-8-11)13-9(14)4-2-3-5-10(13)15/h12H,2-8H2,1H3. The van der Waals surface area contributed by atoms with Crippen LogP contribution in [-0.2, 0) is 9.59 Å². The molecular formula is C11H18N2O2. The van der Waals surface area contributed by atoms with Crippen LogP contribution in [-0.4, -0.2) is 35.3 Å². The Morgan fingerprint density at radius 3 is 2.27 bits per heavy atom. The molecule has 0 saturated carbocycles. The second-order valence-electron chi connectivity index (χ2n) is 4.75. The van der Waals surface area contributed by atoms with Gasteiger partial charge in [-0.25, -0.2) is 0 Å². The van der Waals surface area contributed by atoms with Crippen LogP contribution in [0, 0.1) is 0 Å². The van der Waals surface area contributed by atoms with Crippen molar-refractivity contribution in [1.82, 2.24) is 10.2 Å². The predicted octanol–water partition coefficient (Wildman–Crippen LogP) is 0.668. The van der Waals surface area contributed by atoms with Crippen LogP contribution in [0.5, 0.6) is 0 Å². The van der Waals surface area contributed by atoms with Gasteiger partial charge in [-0.2, -0.15) is 0 Å². The first-order valence-electron chi connectivity index (χ1n) is 5.70. The number of amides is 2. The number of hydrogen-bond donors (Lipinski definition) is 1. The lowest BCUT2D eigenvalue weighted by Crippen LogP contribution is -2.53. The van der Waals surface area contributed by atoms with Crippen molar-refractivity contribution >= 4 is 11.8 Å². The Morgan fingerprint density at radius 2 is 1.80 bits per heavy atom.